The summed E-state index contributed by atoms with van der Waals surface area (Å²) in [5, 5.41) is 5.26. The maximum Gasteiger partial charge on any atom is 0.270 e. The van der Waals surface area contributed by atoms with E-state index in [9.17, 15) is 4.79 Å². The lowest BCUT2D eigenvalue weighted by Crippen LogP contribution is -2.30. The number of anilines is 1. The third kappa shape index (κ3) is 2.39. The molecule has 0 saturated heterocycles. The molecule has 2 aromatic rings. The Bertz CT molecular complexity index is 636. The SMILES string of the molecule is CC(NC(=O)c1cnc2n1CCOC2)c1csc(N)n1. The van der Waals surface area contributed by atoms with Crippen LogP contribution < -0.4 is 11.1 Å². The molecule has 0 spiro atoms. The molecule has 2 aromatic heterocycles. The second-order valence-electron chi connectivity index (χ2n) is 4.57. The van der Waals surface area contributed by atoms with Crippen LogP contribution in [-0.4, -0.2) is 27.0 Å². The van der Waals surface area contributed by atoms with Gasteiger partial charge in [-0.3, -0.25) is 4.79 Å². The fraction of sp³-hybridized carbons (Fsp3) is 0.417. The number of nitrogens with two attached hydrogens (primary N) is 1. The Balaban J connectivity index is 1.75. The van der Waals surface area contributed by atoms with E-state index >= 15 is 0 Å². The smallest absolute Gasteiger partial charge is 0.270 e. The predicted octanol–water partition coefficient (Wildman–Crippen LogP) is 0.943. The summed E-state index contributed by atoms with van der Waals surface area (Å²) in [4.78, 5) is 20.7. The molecule has 0 fully saturated rings. The van der Waals surface area contributed by atoms with E-state index in [1.807, 2.05) is 16.9 Å². The molecule has 3 N–H and O–H groups in total. The zero-order valence-electron chi connectivity index (χ0n) is 11.0. The van der Waals surface area contributed by atoms with Crippen LogP contribution in [0.3, 0.4) is 0 Å². The van der Waals surface area contributed by atoms with Crippen molar-refractivity contribution < 1.29 is 9.53 Å². The minimum atomic E-state index is -0.193. The largest absolute Gasteiger partial charge is 0.375 e. The van der Waals surface area contributed by atoms with Crippen molar-refractivity contribution in [3.8, 4) is 0 Å². The molecule has 1 amide bonds. The second-order valence-corrected chi connectivity index (χ2v) is 5.46. The van der Waals surface area contributed by atoms with Gasteiger partial charge in [0.25, 0.3) is 5.91 Å². The first-order chi connectivity index (χ1) is 9.65. The van der Waals surface area contributed by atoms with Crippen molar-refractivity contribution in [2.75, 3.05) is 12.3 Å². The van der Waals surface area contributed by atoms with Crippen LogP contribution >= 0.6 is 11.3 Å². The molecule has 8 heteroatoms. The molecule has 106 valence electrons. The molecule has 3 heterocycles. The van der Waals surface area contributed by atoms with Crippen LogP contribution in [0.2, 0.25) is 0 Å². The number of carbonyl (C=O) groups excluding carboxylic acids is 1. The molecule has 1 aliphatic heterocycles. The second kappa shape index (κ2) is 5.22. The minimum absolute atomic E-state index is 0.162. The van der Waals surface area contributed by atoms with E-state index in [1.54, 1.807) is 6.20 Å². The topological polar surface area (TPSA) is 95.1 Å². The highest BCUT2D eigenvalue weighted by Crippen LogP contribution is 2.19. The van der Waals surface area contributed by atoms with E-state index in [0.717, 1.165) is 11.5 Å². The highest BCUT2D eigenvalue weighted by atomic mass is 32.1. The summed E-state index contributed by atoms with van der Waals surface area (Å²) in [5.74, 6) is 0.622. The molecule has 1 aliphatic rings. The first-order valence-electron chi connectivity index (χ1n) is 6.29. The lowest BCUT2D eigenvalue weighted by Gasteiger charge is -2.17. The number of nitrogens with zero attached hydrogens (tertiary/aromatic N) is 3. The molecule has 0 aromatic carbocycles. The molecule has 0 saturated carbocycles. The first-order valence-corrected chi connectivity index (χ1v) is 7.17. The zero-order valence-corrected chi connectivity index (χ0v) is 11.8. The van der Waals surface area contributed by atoms with Gasteiger partial charge in [0, 0.05) is 11.9 Å². The van der Waals surface area contributed by atoms with Gasteiger partial charge in [-0.25, -0.2) is 9.97 Å². The lowest BCUT2D eigenvalue weighted by atomic mass is 10.2. The van der Waals surface area contributed by atoms with Crippen LogP contribution in [0.1, 0.15) is 35.0 Å². The normalized spacial score (nSPS) is 15.7. The van der Waals surface area contributed by atoms with Crippen LogP contribution in [0.5, 0.6) is 0 Å². The molecular formula is C12H15N5O2S. The highest BCUT2D eigenvalue weighted by molar-refractivity contribution is 7.13. The van der Waals surface area contributed by atoms with Gasteiger partial charge >= 0.3 is 0 Å². The van der Waals surface area contributed by atoms with Gasteiger partial charge in [-0.15, -0.1) is 11.3 Å². The number of carbonyl (C=O) groups is 1. The van der Waals surface area contributed by atoms with Gasteiger partial charge in [0.1, 0.15) is 18.1 Å². The van der Waals surface area contributed by atoms with E-state index in [1.165, 1.54) is 11.3 Å². The maximum atomic E-state index is 12.3. The molecule has 1 atom stereocenters. The average Bonchev–Trinajstić information content (AvgIpc) is 3.04. The standard InChI is InChI=1S/C12H15N5O2S/c1-7(8-6-20-12(13)16-8)15-11(18)9-4-14-10-5-19-3-2-17(9)10/h4,6-7H,2-3,5H2,1H3,(H2,13,16)(H,15,18). The third-order valence-corrected chi connectivity index (χ3v) is 3.88. The summed E-state index contributed by atoms with van der Waals surface area (Å²) in [5.41, 5.74) is 6.92. The number of hydrogen-bond acceptors (Lipinski definition) is 6. The molecule has 3 rings (SSSR count). The van der Waals surface area contributed by atoms with Crippen LogP contribution in [0.15, 0.2) is 11.6 Å². The Morgan fingerprint density at radius 2 is 2.50 bits per heavy atom. The molecule has 1 unspecified atom stereocenters. The van der Waals surface area contributed by atoms with E-state index < -0.39 is 0 Å². The fourth-order valence-electron chi connectivity index (χ4n) is 2.12. The van der Waals surface area contributed by atoms with E-state index in [4.69, 9.17) is 10.5 Å². The Morgan fingerprint density at radius 1 is 1.65 bits per heavy atom. The molecule has 0 aliphatic carbocycles. The third-order valence-electron chi connectivity index (χ3n) is 3.19. The van der Waals surface area contributed by atoms with Gasteiger partial charge < -0.3 is 20.4 Å². The van der Waals surface area contributed by atoms with Gasteiger partial charge in [-0.05, 0) is 6.92 Å². The van der Waals surface area contributed by atoms with Crippen LogP contribution in [0.4, 0.5) is 5.13 Å². The lowest BCUT2D eigenvalue weighted by molar-refractivity contribution is 0.0776. The molecule has 0 radical (unpaired) electrons. The number of fused-ring (bicyclic) bond motifs is 1. The molecule has 7 nitrogen and oxygen atoms in total. The van der Waals surface area contributed by atoms with Crippen molar-refractivity contribution in [2.45, 2.75) is 26.1 Å². The van der Waals surface area contributed by atoms with Crippen LogP contribution in [-0.2, 0) is 17.9 Å². The van der Waals surface area contributed by atoms with Gasteiger partial charge in [0.15, 0.2) is 5.13 Å². The summed E-state index contributed by atoms with van der Waals surface area (Å²) >= 11 is 1.36. The summed E-state index contributed by atoms with van der Waals surface area (Å²) < 4.78 is 7.19. The van der Waals surface area contributed by atoms with Crippen molar-refractivity contribution in [2.24, 2.45) is 0 Å². The number of imidazole rings is 1. The summed E-state index contributed by atoms with van der Waals surface area (Å²) in [6, 6.07) is -0.193. The van der Waals surface area contributed by atoms with Crippen LogP contribution in [0, 0.1) is 0 Å². The van der Waals surface area contributed by atoms with Crippen molar-refractivity contribution in [1.82, 2.24) is 19.9 Å². The van der Waals surface area contributed by atoms with Gasteiger partial charge in [-0.1, -0.05) is 0 Å². The van der Waals surface area contributed by atoms with E-state index in [0.29, 0.717) is 30.6 Å². The highest BCUT2D eigenvalue weighted by Gasteiger charge is 2.21. The van der Waals surface area contributed by atoms with Gasteiger partial charge in [0.2, 0.25) is 0 Å². The Hall–Kier alpha value is -1.93. The number of hydrogen-bond donors (Lipinski definition) is 2. The van der Waals surface area contributed by atoms with Crippen molar-refractivity contribution in [1.29, 1.82) is 0 Å². The fourth-order valence-corrected chi connectivity index (χ4v) is 2.78. The molecule has 20 heavy (non-hydrogen) atoms. The molecular weight excluding hydrogens is 278 g/mol. The summed E-state index contributed by atoms with van der Waals surface area (Å²) in [6.45, 7) is 3.58. The van der Waals surface area contributed by atoms with E-state index in [2.05, 4.69) is 15.3 Å². The number of ether oxygens (including phenoxy) is 1. The Kier molecular flexibility index (Phi) is 3.41. The molecule has 0 bridgehead atoms. The van der Waals surface area contributed by atoms with Crippen molar-refractivity contribution >= 4 is 22.4 Å². The monoisotopic (exact) mass is 293 g/mol. The quantitative estimate of drug-likeness (QED) is 0.878. The average molecular weight is 293 g/mol. The number of amides is 1. The maximum absolute atomic E-state index is 12.3. The number of aromatic nitrogens is 3. The van der Waals surface area contributed by atoms with Crippen molar-refractivity contribution in [3.63, 3.8) is 0 Å². The number of rotatable bonds is 3. The number of nitrogen functional groups attached to an aromatic ring is 1. The van der Waals surface area contributed by atoms with Crippen molar-refractivity contribution in [3.05, 3.63) is 28.8 Å². The Labute approximate surface area is 119 Å². The summed E-state index contributed by atoms with van der Waals surface area (Å²) in [6.07, 6.45) is 1.58. The zero-order chi connectivity index (χ0) is 14.1. The predicted molar refractivity (Wildman–Crippen MR) is 74.3 cm³/mol. The first kappa shape index (κ1) is 13.1. The van der Waals surface area contributed by atoms with Gasteiger partial charge in [0.05, 0.1) is 24.5 Å². The van der Waals surface area contributed by atoms with Gasteiger partial charge in [-0.2, -0.15) is 0 Å². The van der Waals surface area contributed by atoms with E-state index in [-0.39, 0.29) is 11.9 Å². The number of nitrogens with one attached hydrogen (secondary N) is 1. The summed E-state index contributed by atoms with van der Waals surface area (Å²) in [7, 11) is 0. The number of thiazole rings is 1. The Morgan fingerprint density at radius 3 is 3.25 bits per heavy atom. The minimum Gasteiger partial charge on any atom is -0.375 e. The van der Waals surface area contributed by atoms with Crippen LogP contribution in [0.25, 0.3) is 0 Å².